The second-order valence-electron chi connectivity index (χ2n) is 10.3. The number of ether oxygens (including phenoxy) is 5. The maximum Gasteiger partial charge on any atom is 0.351 e. The van der Waals surface area contributed by atoms with E-state index in [4.69, 9.17) is 23.7 Å². The van der Waals surface area contributed by atoms with E-state index in [1.54, 1.807) is 39.8 Å². The van der Waals surface area contributed by atoms with Crippen molar-refractivity contribution in [3.05, 3.63) is 58.2 Å². The standard InChI is InChI=1S/C29H32O9/c1-14(2)10-22(31)38-29(5)25-21(36-27(32)17-8-9-19(34-6)20(13-17)35-7)12-16(4)23-18(30)11-15(3)24(23)26(25)37-28(29)33/h8-11,13,21,24-26H,12H2,1-7H3/t21-,24+,25+,26-,29-/m0/s1. The Hall–Kier alpha value is -3.88. The average Bonchev–Trinajstić information content (AvgIpc) is 3.22. The van der Waals surface area contributed by atoms with Gasteiger partial charge in [-0.25, -0.2) is 14.4 Å². The fourth-order valence-electron chi connectivity index (χ4n) is 5.67. The molecule has 5 atom stereocenters. The number of carbonyl (C=O) groups excluding carboxylic acids is 4. The number of hydrogen-bond donors (Lipinski definition) is 0. The molecule has 0 radical (unpaired) electrons. The average molecular weight is 525 g/mol. The van der Waals surface area contributed by atoms with Crippen molar-refractivity contribution in [1.29, 1.82) is 0 Å². The molecule has 2 aliphatic carbocycles. The number of esters is 3. The predicted molar refractivity (Wildman–Crippen MR) is 136 cm³/mol. The number of fused-ring (bicyclic) bond motifs is 3. The fourth-order valence-corrected chi connectivity index (χ4v) is 5.67. The third-order valence-electron chi connectivity index (χ3n) is 7.36. The Balaban J connectivity index is 1.77. The van der Waals surface area contributed by atoms with Crippen LogP contribution in [0.3, 0.4) is 0 Å². The first kappa shape index (κ1) is 27.2. The minimum atomic E-state index is -1.75. The Morgan fingerprint density at radius 2 is 1.76 bits per heavy atom. The van der Waals surface area contributed by atoms with Gasteiger partial charge in [0.1, 0.15) is 12.2 Å². The van der Waals surface area contributed by atoms with Gasteiger partial charge >= 0.3 is 17.9 Å². The monoisotopic (exact) mass is 524 g/mol. The lowest BCUT2D eigenvalue weighted by Gasteiger charge is -2.34. The van der Waals surface area contributed by atoms with Crippen LogP contribution in [-0.2, 0) is 28.6 Å². The Morgan fingerprint density at radius 3 is 2.39 bits per heavy atom. The molecule has 0 bridgehead atoms. The molecule has 0 N–H and O–H groups in total. The molecule has 0 aromatic heterocycles. The lowest BCUT2D eigenvalue weighted by molar-refractivity contribution is -0.172. The van der Waals surface area contributed by atoms with E-state index in [-0.39, 0.29) is 17.8 Å². The Bertz CT molecular complexity index is 1300. The van der Waals surface area contributed by atoms with E-state index in [1.807, 2.05) is 0 Å². The molecule has 1 fully saturated rings. The van der Waals surface area contributed by atoms with Crippen molar-refractivity contribution in [2.75, 3.05) is 14.2 Å². The van der Waals surface area contributed by atoms with E-state index >= 15 is 0 Å². The zero-order chi connectivity index (χ0) is 27.9. The first-order valence-corrected chi connectivity index (χ1v) is 12.3. The third-order valence-corrected chi connectivity index (χ3v) is 7.36. The summed E-state index contributed by atoms with van der Waals surface area (Å²) < 4.78 is 28.1. The number of allylic oxidation sites excluding steroid dienone is 2. The molecule has 9 heteroatoms. The number of benzene rings is 1. The van der Waals surface area contributed by atoms with E-state index < -0.39 is 47.6 Å². The molecule has 0 amide bonds. The molecule has 1 aromatic carbocycles. The maximum atomic E-state index is 13.4. The van der Waals surface area contributed by atoms with Crippen molar-refractivity contribution in [2.24, 2.45) is 11.8 Å². The Morgan fingerprint density at radius 1 is 1.08 bits per heavy atom. The lowest BCUT2D eigenvalue weighted by atomic mass is 9.77. The summed E-state index contributed by atoms with van der Waals surface area (Å²) in [6.45, 7) is 8.55. The van der Waals surface area contributed by atoms with Crippen LogP contribution in [-0.4, -0.2) is 55.7 Å². The second-order valence-corrected chi connectivity index (χ2v) is 10.3. The van der Waals surface area contributed by atoms with Gasteiger partial charge in [-0.05, 0) is 58.9 Å². The van der Waals surface area contributed by atoms with Crippen molar-refractivity contribution in [3.8, 4) is 11.5 Å². The zero-order valence-electron chi connectivity index (χ0n) is 22.6. The van der Waals surface area contributed by atoms with Gasteiger partial charge < -0.3 is 23.7 Å². The van der Waals surface area contributed by atoms with Gasteiger partial charge in [-0.1, -0.05) is 16.7 Å². The van der Waals surface area contributed by atoms with E-state index in [0.29, 0.717) is 22.6 Å². The van der Waals surface area contributed by atoms with Crippen molar-refractivity contribution < 1.29 is 42.9 Å². The first-order chi connectivity index (χ1) is 17.9. The molecule has 0 saturated carbocycles. The lowest BCUT2D eigenvalue weighted by Crippen LogP contribution is -2.50. The van der Waals surface area contributed by atoms with E-state index in [9.17, 15) is 19.2 Å². The van der Waals surface area contributed by atoms with E-state index in [1.165, 1.54) is 39.4 Å². The summed E-state index contributed by atoms with van der Waals surface area (Å²) in [4.78, 5) is 52.3. The largest absolute Gasteiger partial charge is 0.493 e. The van der Waals surface area contributed by atoms with Crippen LogP contribution >= 0.6 is 0 Å². The molecule has 202 valence electrons. The van der Waals surface area contributed by atoms with Crippen LogP contribution in [0.15, 0.2) is 52.6 Å². The molecular formula is C29H32O9. The molecule has 1 saturated heterocycles. The van der Waals surface area contributed by atoms with Crippen molar-refractivity contribution in [3.63, 3.8) is 0 Å². The summed E-state index contributed by atoms with van der Waals surface area (Å²) >= 11 is 0. The summed E-state index contributed by atoms with van der Waals surface area (Å²) in [6.07, 6.45) is 1.17. The van der Waals surface area contributed by atoms with Gasteiger partial charge in [-0.2, -0.15) is 0 Å². The minimum absolute atomic E-state index is 0.158. The second kappa shape index (κ2) is 10.1. The molecule has 1 heterocycles. The molecular weight excluding hydrogens is 492 g/mol. The third kappa shape index (κ3) is 4.61. The highest BCUT2D eigenvalue weighted by Gasteiger charge is 2.65. The topological polar surface area (TPSA) is 114 Å². The van der Waals surface area contributed by atoms with E-state index in [0.717, 1.165) is 11.1 Å². The number of methoxy groups -OCH3 is 2. The zero-order valence-corrected chi connectivity index (χ0v) is 22.6. The van der Waals surface area contributed by atoms with E-state index in [2.05, 4.69) is 0 Å². The first-order valence-electron chi connectivity index (χ1n) is 12.3. The summed E-state index contributed by atoms with van der Waals surface area (Å²) in [5.41, 5.74) is 1.13. The van der Waals surface area contributed by atoms with Gasteiger partial charge in [0.2, 0.25) is 5.60 Å². The number of rotatable bonds is 6. The van der Waals surface area contributed by atoms with Crippen LogP contribution in [0.4, 0.5) is 0 Å². The summed E-state index contributed by atoms with van der Waals surface area (Å²) in [6, 6.07) is 4.62. The fraction of sp³-hybridized carbons (Fsp3) is 0.448. The number of carbonyl (C=O) groups is 4. The van der Waals surface area contributed by atoms with Crippen LogP contribution < -0.4 is 9.47 Å². The molecule has 38 heavy (non-hydrogen) atoms. The maximum absolute atomic E-state index is 13.4. The van der Waals surface area contributed by atoms with Gasteiger partial charge in [0.05, 0.1) is 25.7 Å². The molecule has 0 spiro atoms. The Kier molecular flexibility index (Phi) is 7.23. The van der Waals surface area contributed by atoms with Gasteiger partial charge in [0, 0.05) is 24.0 Å². The Labute approximate surface area is 221 Å². The van der Waals surface area contributed by atoms with Gasteiger partial charge in [-0.3, -0.25) is 4.79 Å². The quantitative estimate of drug-likeness (QED) is 0.310. The molecule has 1 aromatic rings. The van der Waals surface area contributed by atoms with Crippen LogP contribution in [0.25, 0.3) is 0 Å². The van der Waals surface area contributed by atoms with Crippen LogP contribution in [0.2, 0.25) is 0 Å². The van der Waals surface area contributed by atoms with Crippen molar-refractivity contribution in [2.45, 2.75) is 58.8 Å². The summed E-state index contributed by atoms with van der Waals surface area (Å²) in [7, 11) is 2.94. The summed E-state index contributed by atoms with van der Waals surface area (Å²) in [5.74, 6) is -2.90. The number of hydrogen-bond acceptors (Lipinski definition) is 9. The highest BCUT2D eigenvalue weighted by Crippen LogP contribution is 2.51. The molecule has 1 aliphatic heterocycles. The number of ketones is 1. The normalized spacial score (nSPS) is 27.9. The highest BCUT2D eigenvalue weighted by atomic mass is 16.6. The molecule has 3 aliphatic rings. The molecule has 4 rings (SSSR count). The molecule has 9 nitrogen and oxygen atoms in total. The van der Waals surface area contributed by atoms with Crippen LogP contribution in [0.1, 0.15) is 51.4 Å². The van der Waals surface area contributed by atoms with Crippen molar-refractivity contribution >= 4 is 23.7 Å². The van der Waals surface area contributed by atoms with Crippen molar-refractivity contribution in [1.82, 2.24) is 0 Å². The highest BCUT2D eigenvalue weighted by molar-refractivity contribution is 6.09. The van der Waals surface area contributed by atoms with Crippen LogP contribution in [0, 0.1) is 11.8 Å². The smallest absolute Gasteiger partial charge is 0.351 e. The van der Waals surface area contributed by atoms with Crippen LogP contribution in [0.5, 0.6) is 11.5 Å². The predicted octanol–water partition coefficient (Wildman–Crippen LogP) is 3.90. The minimum Gasteiger partial charge on any atom is -0.493 e. The van der Waals surface area contributed by atoms with Gasteiger partial charge in [-0.15, -0.1) is 0 Å². The SMILES string of the molecule is COc1ccc(C(=O)O[C@H]2CC(C)=C3C(=O)C=C(C)[C@H]3[C@@H]3OC(=O)[C@@](C)(OC(=O)C=C(C)C)[C@@H]32)cc1OC. The summed E-state index contributed by atoms with van der Waals surface area (Å²) in [5, 5.41) is 0. The van der Waals surface area contributed by atoms with Gasteiger partial charge in [0.15, 0.2) is 17.3 Å². The van der Waals surface area contributed by atoms with Gasteiger partial charge in [0.25, 0.3) is 0 Å². The molecule has 0 unspecified atom stereocenters.